The number of nitrogens with one attached hydrogen (secondary N) is 1. The molecule has 0 saturated heterocycles. The van der Waals surface area contributed by atoms with E-state index in [-0.39, 0.29) is 17.5 Å². The van der Waals surface area contributed by atoms with Crippen molar-refractivity contribution in [3.8, 4) is 6.07 Å². The predicted octanol–water partition coefficient (Wildman–Crippen LogP) is 4.05. The van der Waals surface area contributed by atoms with Gasteiger partial charge in [-0.05, 0) is 17.9 Å². The van der Waals surface area contributed by atoms with Crippen molar-refractivity contribution in [2.45, 2.75) is 19.5 Å². The van der Waals surface area contributed by atoms with Crippen LogP contribution in [0.15, 0.2) is 21.9 Å². The summed E-state index contributed by atoms with van der Waals surface area (Å²) in [6, 6.07) is 4.80. The maximum atomic E-state index is 12.9. The molecule has 8 heteroatoms. The van der Waals surface area contributed by atoms with E-state index in [1.165, 1.54) is 13.0 Å². The average Bonchev–Trinajstić information content (AvgIpc) is 3.04. The number of nitrogens with zero attached hydrogens (tertiary/aromatic N) is 1. The number of halogens is 3. The molecule has 21 heavy (non-hydrogen) atoms. The van der Waals surface area contributed by atoms with E-state index in [4.69, 9.17) is 5.26 Å². The van der Waals surface area contributed by atoms with E-state index in [1.54, 1.807) is 17.5 Å². The van der Waals surface area contributed by atoms with Crippen molar-refractivity contribution in [1.29, 1.82) is 5.26 Å². The van der Waals surface area contributed by atoms with E-state index >= 15 is 0 Å². The number of thiophene rings is 1. The number of furan rings is 1. The van der Waals surface area contributed by atoms with Crippen LogP contribution < -0.4 is 5.32 Å². The summed E-state index contributed by atoms with van der Waals surface area (Å²) in [4.78, 5) is 12.2. The molecule has 2 rings (SSSR count). The molecule has 0 aliphatic rings. The summed E-state index contributed by atoms with van der Waals surface area (Å²) in [5.74, 6) is -2.34. The summed E-state index contributed by atoms with van der Waals surface area (Å²) in [6.45, 7) is 1.48. The van der Waals surface area contributed by atoms with Crippen LogP contribution in [0.25, 0.3) is 0 Å². The largest absolute Gasteiger partial charge is 0.449 e. The van der Waals surface area contributed by atoms with E-state index in [9.17, 15) is 18.0 Å². The Labute approximate surface area is 121 Å². The molecule has 0 saturated carbocycles. The van der Waals surface area contributed by atoms with Gasteiger partial charge in [-0.25, -0.2) is 0 Å². The van der Waals surface area contributed by atoms with Gasteiger partial charge in [-0.15, -0.1) is 11.3 Å². The molecule has 0 fully saturated rings. The van der Waals surface area contributed by atoms with Gasteiger partial charge >= 0.3 is 6.18 Å². The Morgan fingerprint density at radius 2 is 2.24 bits per heavy atom. The predicted molar refractivity (Wildman–Crippen MR) is 70.1 cm³/mol. The molecular weight excluding hydrogens is 305 g/mol. The Morgan fingerprint density at radius 1 is 1.52 bits per heavy atom. The lowest BCUT2D eigenvalue weighted by molar-refractivity contribution is -0.153. The maximum Gasteiger partial charge on any atom is 0.449 e. The molecule has 0 atom stereocenters. The minimum absolute atomic E-state index is 0.0316. The molecular formula is C13H9F3N2O2S. The molecule has 0 spiro atoms. The van der Waals surface area contributed by atoms with E-state index in [1.807, 2.05) is 0 Å². The summed E-state index contributed by atoms with van der Waals surface area (Å²) in [7, 11) is 0. The first-order chi connectivity index (χ1) is 9.88. The first-order valence-corrected chi connectivity index (χ1v) is 6.74. The fourth-order valence-electron chi connectivity index (χ4n) is 1.81. The van der Waals surface area contributed by atoms with Gasteiger partial charge in [-0.2, -0.15) is 18.4 Å². The number of anilines is 1. The highest BCUT2D eigenvalue weighted by Crippen LogP contribution is 2.39. The summed E-state index contributed by atoms with van der Waals surface area (Å²) in [5, 5.41) is 12.9. The Kier molecular flexibility index (Phi) is 4.04. The topological polar surface area (TPSA) is 66.0 Å². The second-order valence-corrected chi connectivity index (χ2v) is 4.96. The van der Waals surface area contributed by atoms with Crippen LogP contribution >= 0.6 is 11.3 Å². The number of carbonyl (C=O) groups is 1. The average molecular weight is 314 g/mol. The molecule has 0 aliphatic heterocycles. The van der Waals surface area contributed by atoms with E-state index in [0.29, 0.717) is 4.88 Å². The van der Waals surface area contributed by atoms with Crippen molar-refractivity contribution in [2.24, 2.45) is 0 Å². The van der Waals surface area contributed by atoms with E-state index in [0.717, 1.165) is 11.3 Å². The van der Waals surface area contributed by atoms with Gasteiger partial charge in [0.1, 0.15) is 11.6 Å². The number of alkyl halides is 3. The second-order valence-electron chi connectivity index (χ2n) is 4.01. The number of nitriles is 1. The number of hydrogen-bond acceptors (Lipinski definition) is 4. The van der Waals surface area contributed by atoms with E-state index in [2.05, 4.69) is 9.73 Å². The van der Waals surface area contributed by atoms with Crippen LogP contribution in [0.5, 0.6) is 0 Å². The Bertz CT molecular complexity index is 696. The van der Waals surface area contributed by atoms with Gasteiger partial charge in [0.05, 0.1) is 4.88 Å². The van der Waals surface area contributed by atoms with Crippen molar-refractivity contribution in [2.75, 3.05) is 5.32 Å². The van der Waals surface area contributed by atoms with Crippen molar-refractivity contribution < 1.29 is 22.4 Å². The zero-order valence-electron chi connectivity index (χ0n) is 10.7. The van der Waals surface area contributed by atoms with Crippen molar-refractivity contribution in [3.63, 3.8) is 0 Å². The highest BCUT2D eigenvalue weighted by atomic mass is 32.1. The monoisotopic (exact) mass is 314 g/mol. The van der Waals surface area contributed by atoms with Gasteiger partial charge in [0, 0.05) is 5.56 Å². The fourth-order valence-corrected chi connectivity index (χ4v) is 2.43. The van der Waals surface area contributed by atoms with Gasteiger partial charge in [-0.1, -0.05) is 13.0 Å². The zero-order valence-corrected chi connectivity index (χ0v) is 11.6. The van der Waals surface area contributed by atoms with Crippen LogP contribution in [0.1, 0.15) is 33.5 Å². The Hall–Kier alpha value is -2.27. The Balaban J connectivity index is 2.43. The third-order valence-corrected chi connectivity index (χ3v) is 3.57. The lowest BCUT2D eigenvalue weighted by Crippen LogP contribution is -2.10. The van der Waals surface area contributed by atoms with Crippen LogP contribution in [0, 0.1) is 11.3 Å². The van der Waals surface area contributed by atoms with Gasteiger partial charge in [0.15, 0.2) is 0 Å². The molecule has 0 aliphatic carbocycles. The summed E-state index contributed by atoms with van der Waals surface area (Å²) in [5.41, 5.74) is -0.554. The first-order valence-electron chi connectivity index (χ1n) is 5.86. The lowest BCUT2D eigenvalue weighted by atomic mass is 10.1. The third-order valence-electron chi connectivity index (χ3n) is 2.70. The number of carbonyl (C=O) groups excluding carboxylic acids is 1. The van der Waals surface area contributed by atoms with Gasteiger partial charge < -0.3 is 4.42 Å². The molecule has 2 heterocycles. The van der Waals surface area contributed by atoms with Crippen LogP contribution in [-0.4, -0.2) is 5.91 Å². The summed E-state index contributed by atoms with van der Waals surface area (Å²) >= 11 is 1.13. The molecule has 2 aromatic heterocycles. The molecule has 0 bridgehead atoms. The van der Waals surface area contributed by atoms with Crippen LogP contribution in [0.4, 0.5) is 19.1 Å². The number of amides is 1. The Morgan fingerprint density at radius 3 is 2.71 bits per heavy atom. The lowest BCUT2D eigenvalue weighted by Gasteiger charge is -2.03. The smallest absolute Gasteiger partial charge is 0.434 e. The van der Waals surface area contributed by atoms with Crippen LogP contribution in [0.3, 0.4) is 0 Å². The molecule has 0 unspecified atom stereocenters. The van der Waals surface area contributed by atoms with Crippen molar-refractivity contribution >= 4 is 23.1 Å². The minimum atomic E-state index is -4.72. The maximum absolute atomic E-state index is 12.9. The molecule has 1 amide bonds. The molecule has 1 N–H and O–H groups in total. The quantitative estimate of drug-likeness (QED) is 0.929. The fraction of sp³-hybridized carbons (Fsp3) is 0.231. The SMILES string of the molecule is CCc1c(C(F)(F)F)oc(NC(=O)c2cccs2)c1C#N. The second kappa shape index (κ2) is 5.61. The number of rotatable bonds is 3. The third kappa shape index (κ3) is 2.92. The molecule has 110 valence electrons. The molecule has 0 aromatic carbocycles. The van der Waals surface area contributed by atoms with E-state index < -0.39 is 23.7 Å². The highest BCUT2D eigenvalue weighted by molar-refractivity contribution is 7.12. The van der Waals surface area contributed by atoms with Crippen LogP contribution in [0.2, 0.25) is 0 Å². The zero-order chi connectivity index (χ0) is 15.6. The van der Waals surface area contributed by atoms with Gasteiger partial charge in [0.25, 0.3) is 5.91 Å². The standard InChI is InChI=1S/C13H9F3N2O2S/c1-2-7-8(6-17)12(20-10(7)13(14,15)16)18-11(19)9-4-3-5-21-9/h3-5H,2H2,1H3,(H,18,19). The molecule has 2 aromatic rings. The first kappa shape index (κ1) is 15.1. The highest BCUT2D eigenvalue weighted by Gasteiger charge is 2.40. The van der Waals surface area contributed by atoms with Crippen molar-refractivity contribution in [1.82, 2.24) is 0 Å². The molecule has 0 radical (unpaired) electrons. The summed E-state index contributed by atoms with van der Waals surface area (Å²) in [6.07, 6.45) is -4.75. The molecule has 4 nitrogen and oxygen atoms in total. The van der Waals surface area contributed by atoms with Crippen molar-refractivity contribution in [3.05, 3.63) is 39.3 Å². The van der Waals surface area contributed by atoms with Gasteiger partial charge in [0.2, 0.25) is 11.6 Å². The van der Waals surface area contributed by atoms with Crippen LogP contribution in [-0.2, 0) is 12.6 Å². The minimum Gasteiger partial charge on any atom is -0.434 e. The normalized spacial score (nSPS) is 11.2. The van der Waals surface area contributed by atoms with Gasteiger partial charge in [-0.3, -0.25) is 10.1 Å². The summed E-state index contributed by atoms with van der Waals surface area (Å²) < 4.78 is 43.3. The number of hydrogen-bond donors (Lipinski definition) is 1.